The lowest BCUT2D eigenvalue weighted by Crippen LogP contribution is -2.13. The molecule has 0 unspecified atom stereocenters. The second-order valence-corrected chi connectivity index (χ2v) is 6.77. The van der Waals surface area contributed by atoms with E-state index >= 15 is 0 Å². The number of benzene rings is 1. The number of hydrogen-bond acceptors (Lipinski definition) is 4. The van der Waals surface area contributed by atoms with Crippen LogP contribution in [0.15, 0.2) is 52.8 Å². The molecule has 0 aliphatic heterocycles. The van der Waals surface area contributed by atoms with Gasteiger partial charge in [0.25, 0.3) is 5.91 Å². The van der Waals surface area contributed by atoms with Crippen LogP contribution in [0.3, 0.4) is 0 Å². The van der Waals surface area contributed by atoms with Gasteiger partial charge in [-0.25, -0.2) is 9.67 Å². The van der Waals surface area contributed by atoms with Crippen LogP contribution in [0.2, 0.25) is 0 Å². The Hall–Kier alpha value is -1.99. The fourth-order valence-electron chi connectivity index (χ4n) is 1.89. The first-order valence-electron chi connectivity index (χ1n) is 6.19. The molecule has 0 bridgehead atoms. The summed E-state index contributed by atoms with van der Waals surface area (Å²) in [6.45, 7) is 0.560. The zero-order valence-electron chi connectivity index (χ0n) is 10.9. The highest BCUT2D eigenvalue weighted by atomic mass is 79.9. The SMILES string of the molecule is O=C(Nc1ccccc1Cn1cncn1)c1ccc(Br)s1. The van der Waals surface area contributed by atoms with Crippen LogP contribution in [0, 0.1) is 0 Å². The topological polar surface area (TPSA) is 59.8 Å². The third-order valence-corrected chi connectivity index (χ3v) is 4.48. The summed E-state index contributed by atoms with van der Waals surface area (Å²) in [5, 5.41) is 7.02. The van der Waals surface area contributed by atoms with E-state index < -0.39 is 0 Å². The van der Waals surface area contributed by atoms with Gasteiger partial charge < -0.3 is 5.32 Å². The van der Waals surface area contributed by atoms with Crippen molar-refractivity contribution in [2.75, 3.05) is 5.32 Å². The zero-order valence-corrected chi connectivity index (χ0v) is 13.3. The number of aromatic nitrogens is 3. The molecule has 0 spiro atoms. The minimum atomic E-state index is -0.114. The maximum absolute atomic E-state index is 12.2. The van der Waals surface area contributed by atoms with Crippen LogP contribution in [-0.4, -0.2) is 20.7 Å². The molecule has 7 heteroatoms. The predicted octanol–water partition coefficient (Wildman–Crippen LogP) is 3.40. The van der Waals surface area contributed by atoms with E-state index in [1.807, 2.05) is 30.3 Å². The van der Waals surface area contributed by atoms with Crippen LogP contribution >= 0.6 is 27.3 Å². The van der Waals surface area contributed by atoms with Crippen molar-refractivity contribution in [1.29, 1.82) is 0 Å². The summed E-state index contributed by atoms with van der Waals surface area (Å²) in [6, 6.07) is 11.3. The summed E-state index contributed by atoms with van der Waals surface area (Å²) in [6.07, 6.45) is 3.14. The normalized spacial score (nSPS) is 10.5. The fourth-order valence-corrected chi connectivity index (χ4v) is 3.17. The molecule has 21 heavy (non-hydrogen) atoms. The van der Waals surface area contributed by atoms with Crippen molar-refractivity contribution in [2.45, 2.75) is 6.54 Å². The van der Waals surface area contributed by atoms with Gasteiger partial charge in [-0.15, -0.1) is 11.3 Å². The molecular formula is C14H11BrN4OS. The van der Waals surface area contributed by atoms with Crippen LogP contribution in [0.5, 0.6) is 0 Å². The molecule has 0 aliphatic rings. The van der Waals surface area contributed by atoms with Gasteiger partial charge in [0.2, 0.25) is 0 Å². The lowest BCUT2D eigenvalue weighted by atomic mass is 10.1. The number of anilines is 1. The Balaban J connectivity index is 1.80. The number of rotatable bonds is 4. The molecule has 2 aromatic heterocycles. The summed E-state index contributed by atoms with van der Waals surface area (Å²) in [4.78, 5) is 16.8. The highest BCUT2D eigenvalue weighted by molar-refractivity contribution is 9.11. The van der Waals surface area contributed by atoms with Crippen LogP contribution in [0.4, 0.5) is 5.69 Å². The molecule has 5 nitrogen and oxygen atoms in total. The Kier molecular flexibility index (Phi) is 4.12. The third-order valence-electron chi connectivity index (χ3n) is 2.86. The van der Waals surface area contributed by atoms with E-state index in [-0.39, 0.29) is 5.91 Å². The summed E-state index contributed by atoms with van der Waals surface area (Å²) in [5.41, 5.74) is 1.76. The van der Waals surface area contributed by atoms with Gasteiger partial charge in [-0.3, -0.25) is 4.79 Å². The Morgan fingerprint density at radius 3 is 2.86 bits per heavy atom. The minimum absolute atomic E-state index is 0.114. The number of thiophene rings is 1. The van der Waals surface area contributed by atoms with Crippen LogP contribution in [0.1, 0.15) is 15.2 Å². The number of halogens is 1. The second-order valence-electron chi connectivity index (χ2n) is 4.31. The highest BCUT2D eigenvalue weighted by Crippen LogP contribution is 2.24. The zero-order chi connectivity index (χ0) is 14.7. The second kappa shape index (κ2) is 6.19. The van der Waals surface area contributed by atoms with Crippen LogP contribution < -0.4 is 5.32 Å². The quantitative estimate of drug-likeness (QED) is 0.773. The van der Waals surface area contributed by atoms with E-state index in [4.69, 9.17) is 0 Å². The molecule has 0 radical (unpaired) electrons. The Bertz CT molecular complexity index is 754. The lowest BCUT2D eigenvalue weighted by Gasteiger charge is -2.10. The predicted molar refractivity (Wildman–Crippen MR) is 85.5 cm³/mol. The first-order chi connectivity index (χ1) is 10.2. The van der Waals surface area contributed by atoms with Crippen molar-refractivity contribution >= 4 is 38.9 Å². The van der Waals surface area contributed by atoms with Crippen molar-refractivity contribution < 1.29 is 4.79 Å². The molecule has 2 heterocycles. The van der Waals surface area contributed by atoms with Crippen molar-refractivity contribution in [3.63, 3.8) is 0 Å². The molecule has 106 valence electrons. The standard InChI is InChI=1S/C14H11BrN4OS/c15-13-6-5-12(21-13)14(20)18-11-4-2-1-3-10(11)7-19-9-16-8-17-19/h1-6,8-9H,7H2,(H,18,20). The van der Waals surface area contributed by atoms with Crippen molar-refractivity contribution in [2.24, 2.45) is 0 Å². The third kappa shape index (κ3) is 3.37. The Labute approximate surface area is 133 Å². The number of nitrogens with one attached hydrogen (secondary N) is 1. The average molecular weight is 363 g/mol. The summed E-state index contributed by atoms with van der Waals surface area (Å²) in [5.74, 6) is -0.114. The van der Waals surface area contributed by atoms with E-state index in [2.05, 4.69) is 31.3 Å². The lowest BCUT2D eigenvalue weighted by molar-refractivity contribution is 0.103. The van der Waals surface area contributed by atoms with Crippen LogP contribution in [0.25, 0.3) is 0 Å². The van der Waals surface area contributed by atoms with E-state index in [0.29, 0.717) is 11.4 Å². The number of carbonyl (C=O) groups is 1. The van der Waals surface area contributed by atoms with Gasteiger partial charge in [-0.2, -0.15) is 5.10 Å². The number of amides is 1. The van der Waals surface area contributed by atoms with Crippen LogP contribution in [-0.2, 0) is 6.54 Å². The van der Waals surface area contributed by atoms with Gasteiger partial charge >= 0.3 is 0 Å². The molecule has 0 aliphatic carbocycles. The average Bonchev–Trinajstić information content (AvgIpc) is 3.12. The minimum Gasteiger partial charge on any atom is -0.321 e. The number of nitrogens with zero attached hydrogens (tertiary/aromatic N) is 3. The van der Waals surface area contributed by atoms with Gasteiger partial charge in [0.15, 0.2) is 0 Å². The highest BCUT2D eigenvalue weighted by Gasteiger charge is 2.11. The molecule has 0 saturated heterocycles. The molecule has 0 atom stereocenters. The van der Waals surface area contributed by atoms with E-state index in [1.54, 1.807) is 17.1 Å². The monoisotopic (exact) mass is 362 g/mol. The summed E-state index contributed by atoms with van der Waals surface area (Å²) >= 11 is 4.76. The maximum atomic E-state index is 12.2. The maximum Gasteiger partial charge on any atom is 0.265 e. The molecule has 3 rings (SSSR count). The number of hydrogen-bond donors (Lipinski definition) is 1. The summed E-state index contributed by atoms with van der Waals surface area (Å²) in [7, 11) is 0. The van der Waals surface area contributed by atoms with Gasteiger partial charge in [0.05, 0.1) is 15.2 Å². The number of para-hydroxylation sites is 1. The first kappa shape index (κ1) is 14.0. The van der Waals surface area contributed by atoms with Crippen molar-refractivity contribution in [3.05, 3.63) is 63.3 Å². The van der Waals surface area contributed by atoms with Gasteiger partial charge in [0, 0.05) is 5.69 Å². The van der Waals surface area contributed by atoms with E-state index in [1.165, 1.54) is 17.7 Å². The largest absolute Gasteiger partial charge is 0.321 e. The van der Waals surface area contributed by atoms with Gasteiger partial charge in [-0.05, 0) is 39.7 Å². The molecule has 1 aromatic carbocycles. The Morgan fingerprint density at radius 2 is 2.14 bits per heavy atom. The van der Waals surface area contributed by atoms with Crippen molar-refractivity contribution in [1.82, 2.24) is 14.8 Å². The van der Waals surface area contributed by atoms with Gasteiger partial charge in [0.1, 0.15) is 12.7 Å². The van der Waals surface area contributed by atoms with Crippen molar-refractivity contribution in [3.8, 4) is 0 Å². The molecule has 1 amide bonds. The molecular weight excluding hydrogens is 352 g/mol. The van der Waals surface area contributed by atoms with Gasteiger partial charge in [-0.1, -0.05) is 18.2 Å². The summed E-state index contributed by atoms with van der Waals surface area (Å²) < 4.78 is 2.65. The Morgan fingerprint density at radius 1 is 1.29 bits per heavy atom. The fraction of sp³-hybridized carbons (Fsp3) is 0.0714. The first-order valence-corrected chi connectivity index (χ1v) is 7.80. The van der Waals surface area contributed by atoms with E-state index in [9.17, 15) is 4.79 Å². The molecule has 3 aromatic rings. The van der Waals surface area contributed by atoms with E-state index in [0.717, 1.165) is 15.0 Å². The number of carbonyl (C=O) groups excluding carboxylic acids is 1. The smallest absolute Gasteiger partial charge is 0.265 e. The molecule has 0 fully saturated rings. The molecule has 1 N–H and O–H groups in total. The molecule has 0 saturated carbocycles.